The highest BCUT2D eigenvalue weighted by Gasteiger charge is 2.33. The fourth-order valence-electron chi connectivity index (χ4n) is 2.01. The summed E-state index contributed by atoms with van der Waals surface area (Å²) >= 11 is 0. The molecule has 1 aliphatic heterocycles. The Morgan fingerprint density at radius 1 is 1.42 bits per heavy atom. The predicted octanol–water partition coefficient (Wildman–Crippen LogP) is -0.838. The number of nitrogens with two attached hydrogens (primary N) is 1. The van der Waals surface area contributed by atoms with Crippen LogP contribution in [0.15, 0.2) is 0 Å². The molecule has 0 aromatic rings. The number of carbonyl (C=O) groups is 3. The van der Waals surface area contributed by atoms with Gasteiger partial charge in [-0.05, 0) is 18.8 Å². The van der Waals surface area contributed by atoms with Gasteiger partial charge in [-0.25, -0.2) is 4.79 Å². The average molecular weight is 271 g/mol. The van der Waals surface area contributed by atoms with Crippen molar-refractivity contribution in [2.24, 2.45) is 11.7 Å². The molecule has 0 aromatic carbocycles. The highest BCUT2D eigenvalue weighted by molar-refractivity contribution is 5.89. The van der Waals surface area contributed by atoms with Crippen LogP contribution in [-0.4, -0.2) is 53.0 Å². The SMILES string of the molecule is CC(C)C(N)C(=O)NCC(=O)N1CCCC1C(=O)O. The van der Waals surface area contributed by atoms with E-state index in [-0.39, 0.29) is 18.4 Å². The van der Waals surface area contributed by atoms with Gasteiger partial charge in [0.05, 0.1) is 12.6 Å². The van der Waals surface area contributed by atoms with Crippen LogP contribution >= 0.6 is 0 Å². The summed E-state index contributed by atoms with van der Waals surface area (Å²) in [4.78, 5) is 35.7. The van der Waals surface area contributed by atoms with Crippen LogP contribution < -0.4 is 11.1 Å². The second-order valence-electron chi connectivity index (χ2n) is 5.07. The summed E-state index contributed by atoms with van der Waals surface area (Å²) in [6.45, 7) is 3.84. The molecule has 0 radical (unpaired) electrons. The third-order valence-electron chi connectivity index (χ3n) is 3.29. The maximum absolute atomic E-state index is 11.9. The molecular weight excluding hydrogens is 250 g/mol. The first kappa shape index (κ1) is 15.4. The molecule has 19 heavy (non-hydrogen) atoms. The molecule has 0 aliphatic carbocycles. The lowest BCUT2D eigenvalue weighted by Gasteiger charge is -2.22. The van der Waals surface area contributed by atoms with Crippen molar-refractivity contribution in [3.63, 3.8) is 0 Å². The van der Waals surface area contributed by atoms with E-state index in [9.17, 15) is 14.4 Å². The summed E-state index contributed by atoms with van der Waals surface area (Å²) in [7, 11) is 0. The zero-order valence-electron chi connectivity index (χ0n) is 11.3. The van der Waals surface area contributed by atoms with E-state index in [0.29, 0.717) is 19.4 Å². The van der Waals surface area contributed by atoms with Gasteiger partial charge in [0.1, 0.15) is 6.04 Å². The highest BCUT2D eigenvalue weighted by Crippen LogP contribution is 2.17. The first-order chi connectivity index (χ1) is 8.84. The third-order valence-corrected chi connectivity index (χ3v) is 3.29. The monoisotopic (exact) mass is 271 g/mol. The van der Waals surface area contributed by atoms with Gasteiger partial charge in [0.15, 0.2) is 0 Å². The van der Waals surface area contributed by atoms with Crippen LogP contribution in [0.5, 0.6) is 0 Å². The largest absolute Gasteiger partial charge is 0.480 e. The molecule has 2 atom stereocenters. The van der Waals surface area contributed by atoms with Crippen LogP contribution in [0.4, 0.5) is 0 Å². The molecule has 0 spiro atoms. The lowest BCUT2D eigenvalue weighted by molar-refractivity contribution is -0.148. The van der Waals surface area contributed by atoms with Crippen LogP contribution in [0.1, 0.15) is 26.7 Å². The van der Waals surface area contributed by atoms with Crippen LogP contribution in [0.2, 0.25) is 0 Å². The molecular formula is C12H21N3O4. The van der Waals surface area contributed by atoms with Gasteiger partial charge < -0.3 is 21.1 Å². The fourth-order valence-corrected chi connectivity index (χ4v) is 2.01. The van der Waals surface area contributed by atoms with Crippen LogP contribution in [0, 0.1) is 5.92 Å². The molecule has 0 bridgehead atoms. The molecule has 1 heterocycles. The topological polar surface area (TPSA) is 113 Å². The van der Waals surface area contributed by atoms with Crippen molar-refractivity contribution in [2.75, 3.05) is 13.1 Å². The first-order valence-electron chi connectivity index (χ1n) is 6.40. The van der Waals surface area contributed by atoms with Crippen LogP contribution in [-0.2, 0) is 14.4 Å². The van der Waals surface area contributed by atoms with Crippen molar-refractivity contribution in [1.29, 1.82) is 0 Å². The molecule has 108 valence electrons. The number of nitrogens with zero attached hydrogens (tertiary/aromatic N) is 1. The van der Waals surface area contributed by atoms with E-state index < -0.39 is 24.0 Å². The number of amides is 2. The highest BCUT2D eigenvalue weighted by atomic mass is 16.4. The van der Waals surface area contributed by atoms with E-state index in [1.807, 2.05) is 13.8 Å². The molecule has 1 saturated heterocycles. The van der Waals surface area contributed by atoms with Gasteiger partial charge in [-0.15, -0.1) is 0 Å². The number of carbonyl (C=O) groups excluding carboxylic acids is 2. The maximum atomic E-state index is 11.9. The minimum Gasteiger partial charge on any atom is -0.480 e. The Labute approximate surface area is 112 Å². The van der Waals surface area contributed by atoms with Crippen molar-refractivity contribution >= 4 is 17.8 Å². The Morgan fingerprint density at radius 2 is 2.05 bits per heavy atom. The Hall–Kier alpha value is -1.63. The van der Waals surface area contributed by atoms with Gasteiger partial charge >= 0.3 is 5.97 Å². The summed E-state index contributed by atoms with van der Waals surface area (Å²) in [5.74, 6) is -1.80. The van der Waals surface area contributed by atoms with Crippen LogP contribution in [0.25, 0.3) is 0 Å². The molecule has 7 nitrogen and oxygen atoms in total. The first-order valence-corrected chi connectivity index (χ1v) is 6.40. The van der Waals surface area contributed by atoms with Gasteiger partial charge in [0, 0.05) is 6.54 Å². The summed E-state index contributed by atoms with van der Waals surface area (Å²) in [5, 5.41) is 11.4. The lowest BCUT2D eigenvalue weighted by Crippen LogP contribution is -2.49. The van der Waals surface area contributed by atoms with Crippen molar-refractivity contribution in [1.82, 2.24) is 10.2 Å². The Morgan fingerprint density at radius 3 is 2.58 bits per heavy atom. The number of nitrogens with one attached hydrogen (secondary N) is 1. The Balaban J connectivity index is 2.47. The third kappa shape index (κ3) is 3.92. The zero-order chi connectivity index (χ0) is 14.6. The van der Waals surface area contributed by atoms with Gasteiger partial charge in [-0.1, -0.05) is 13.8 Å². The number of aliphatic carboxylic acids is 1. The van der Waals surface area contributed by atoms with Gasteiger partial charge in [-0.3, -0.25) is 9.59 Å². The normalized spacial score (nSPS) is 20.4. The van der Waals surface area contributed by atoms with Crippen molar-refractivity contribution in [2.45, 2.75) is 38.8 Å². The summed E-state index contributed by atoms with van der Waals surface area (Å²) in [5.41, 5.74) is 5.64. The van der Waals surface area contributed by atoms with Gasteiger partial charge in [-0.2, -0.15) is 0 Å². The van der Waals surface area contributed by atoms with E-state index in [1.165, 1.54) is 4.90 Å². The standard InChI is InChI=1S/C12H21N3O4/c1-7(2)10(13)11(17)14-6-9(16)15-5-3-4-8(15)12(18)19/h7-8,10H,3-6,13H2,1-2H3,(H,14,17)(H,18,19). The fraction of sp³-hybridized carbons (Fsp3) is 0.750. The molecule has 0 saturated carbocycles. The molecule has 1 aliphatic rings. The van der Waals surface area contributed by atoms with Crippen LogP contribution in [0.3, 0.4) is 0 Å². The van der Waals surface area contributed by atoms with Crippen molar-refractivity contribution in [3.05, 3.63) is 0 Å². The second-order valence-corrected chi connectivity index (χ2v) is 5.07. The maximum Gasteiger partial charge on any atom is 0.326 e. The smallest absolute Gasteiger partial charge is 0.326 e. The Kier molecular flexibility index (Phi) is 5.29. The molecule has 2 amide bonds. The predicted molar refractivity (Wildman–Crippen MR) is 68.2 cm³/mol. The molecule has 2 unspecified atom stereocenters. The number of carboxylic acid groups (broad SMARTS) is 1. The number of likely N-dealkylation sites (tertiary alicyclic amines) is 1. The molecule has 7 heteroatoms. The van der Waals surface area contributed by atoms with E-state index >= 15 is 0 Å². The average Bonchev–Trinajstić information content (AvgIpc) is 2.83. The summed E-state index contributed by atoms with van der Waals surface area (Å²) < 4.78 is 0. The van der Waals surface area contributed by atoms with E-state index in [0.717, 1.165) is 0 Å². The summed E-state index contributed by atoms with van der Waals surface area (Å²) in [6, 6.07) is -1.44. The molecule has 1 fully saturated rings. The Bertz CT molecular complexity index is 370. The number of hydrogen-bond acceptors (Lipinski definition) is 4. The molecule has 1 rings (SSSR count). The zero-order valence-corrected chi connectivity index (χ0v) is 11.3. The van der Waals surface area contributed by atoms with Crippen molar-refractivity contribution < 1.29 is 19.5 Å². The molecule has 4 N–H and O–H groups in total. The van der Waals surface area contributed by atoms with E-state index in [2.05, 4.69) is 5.32 Å². The van der Waals surface area contributed by atoms with Gasteiger partial charge in [0.2, 0.25) is 11.8 Å². The van der Waals surface area contributed by atoms with Crippen molar-refractivity contribution in [3.8, 4) is 0 Å². The number of carboxylic acids is 1. The van der Waals surface area contributed by atoms with E-state index in [1.54, 1.807) is 0 Å². The molecule has 0 aromatic heterocycles. The van der Waals surface area contributed by atoms with Gasteiger partial charge in [0.25, 0.3) is 0 Å². The minimum absolute atomic E-state index is 0.0198. The summed E-state index contributed by atoms with van der Waals surface area (Å²) in [6.07, 6.45) is 1.13. The number of rotatable bonds is 5. The second kappa shape index (κ2) is 6.51. The quantitative estimate of drug-likeness (QED) is 0.603. The number of hydrogen-bond donors (Lipinski definition) is 3. The lowest BCUT2D eigenvalue weighted by atomic mass is 10.1. The van der Waals surface area contributed by atoms with E-state index in [4.69, 9.17) is 10.8 Å². The minimum atomic E-state index is -1.00.